The van der Waals surface area contributed by atoms with E-state index in [0.717, 1.165) is 10.5 Å². The van der Waals surface area contributed by atoms with Gasteiger partial charge in [0.2, 0.25) is 17.7 Å². The van der Waals surface area contributed by atoms with Crippen molar-refractivity contribution in [3.63, 3.8) is 0 Å². The van der Waals surface area contributed by atoms with E-state index < -0.39 is 58.9 Å². The molecule has 2 aromatic rings. The molecule has 4 N–H and O–H groups in total. The van der Waals surface area contributed by atoms with Crippen LogP contribution < -0.4 is 21.1 Å². The van der Waals surface area contributed by atoms with Gasteiger partial charge in [-0.05, 0) is 68.4 Å². The van der Waals surface area contributed by atoms with Crippen LogP contribution in [0.4, 0.5) is 4.79 Å². The number of hydrogen-bond acceptors (Lipinski definition) is 10. The molecule has 56 heavy (non-hydrogen) atoms. The van der Waals surface area contributed by atoms with Gasteiger partial charge in [0.15, 0.2) is 11.6 Å². The van der Waals surface area contributed by atoms with Crippen molar-refractivity contribution in [1.82, 2.24) is 15.5 Å². The van der Waals surface area contributed by atoms with Gasteiger partial charge in [-0.2, -0.15) is 0 Å². The van der Waals surface area contributed by atoms with Gasteiger partial charge in [-0.25, -0.2) is 4.79 Å². The van der Waals surface area contributed by atoms with Crippen LogP contribution in [0.15, 0.2) is 48.5 Å². The maximum atomic E-state index is 14.2. The van der Waals surface area contributed by atoms with E-state index in [2.05, 4.69) is 10.6 Å². The number of amides is 5. The molecule has 0 spiro atoms. The molecule has 14 heteroatoms. The van der Waals surface area contributed by atoms with Crippen molar-refractivity contribution in [3.05, 3.63) is 65.2 Å². The lowest BCUT2D eigenvalue weighted by Gasteiger charge is -2.29. The van der Waals surface area contributed by atoms with E-state index in [9.17, 15) is 33.6 Å². The molecule has 0 saturated carbocycles. The summed E-state index contributed by atoms with van der Waals surface area (Å²) in [5.41, 5.74) is 6.70. The number of primary amides is 1. The highest BCUT2D eigenvalue weighted by atomic mass is 16.5. The summed E-state index contributed by atoms with van der Waals surface area (Å²) < 4.78 is 16.0. The quantitative estimate of drug-likeness (QED) is 0.0889. The molecule has 306 valence electrons. The molecule has 1 fully saturated rings. The molecule has 0 aromatic heterocycles. The molecular weight excluding hydrogens is 720 g/mol. The highest BCUT2D eigenvalue weighted by molar-refractivity contribution is 6.07. The first-order chi connectivity index (χ1) is 26.4. The van der Waals surface area contributed by atoms with Gasteiger partial charge in [0, 0.05) is 51.2 Å². The molecule has 4 atom stereocenters. The number of nitrogens with one attached hydrogen (secondary N) is 2. The number of Topliss-reactive ketones (excluding diaryl/α,β-unsaturated/α-hetero) is 2. The molecule has 0 bridgehead atoms. The lowest BCUT2D eigenvalue weighted by molar-refractivity contribution is -0.154. The van der Waals surface area contributed by atoms with Gasteiger partial charge in [-0.3, -0.25) is 33.7 Å². The van der Waals surface area contributed by atoms with Crippen molar-refractivity contribution in [1.29, 1.82) is 0 Å². The van der Waals surface area contributed by atoms with Crippen LogP contribution in [-0.4, -0.2) is 85.1 Å². The van der Waals surface area contributed by atoms with E-state index in [-0.39, 0.29) is 62.9 Å². The zero-order valence-corrected chi connectivity index (χ0v) is 33.7. The molecule has 1 aliphatic heterocycles. The number of rotatable bonds is 22. The third-order valence-corrected chi connectivity index (χ3v) is 9.62. The topological polar surface area (TPSA) is 200 Å². The Bertz CT molecular complexity index is 1680. The van der Waals surface area contributed by atoms with Crippen LogP contribution in [0.2, 0.25) is 0 Å². The third-order valence-electron chi connectivity index (χ3n) is 9.62. The maximum Gasteiger partial charge on any atom is 0.312 e. The second-order valence-electron chi connectivity index (χ2n) is 15.7. The van der Waals surface area contributed by atoms with E-state index >= 15 is 0 Å². The number of methoxy groups -OCH3 is 1. The zero-order valence-electron chi connectivity index (χ0n) is 33.7. The predicted molar refractivity (Wildman–Crippen MR) is 208 cm³/mol. The summed E-state index contributed by atoms with van der Waals surface area (Å²) in [4.78, 5) is 92.7. The molecular formula is C42H58N4O10. The first-order valence-electron chi connectivity index (χ1n) is 19.1. The van der Waals surface area contributed by atoms with E-state index in [4.69, 9.17) is 19.9 Å². The number of esters is 1. The normalized spacial score (nSPS) is 15.9. The number of likely N-dealkylation sites (tertiary alicyclic amines) is 1. The molecule has 5 amide bonds. The fourth-order valence-electron chi connectivity index (χ4n) is 6.21. The third kappa shape index (κ3) is 13.9. The summed E-state index contributed by atoms with van der Waals surface area (Å²) in [7, 11) is 1.57. The molecule has 1 unspecified atom stereocenters. The number of carbonyl (C=O) groups is 7. The summed E-state index contributed by atoms with van der Waals surface area (Å²) in [6.45, 7) is 11.6. The first kappa shape index (κ1) is 45.3. The number of nitrogens with two attached hydrogens (primary N) is 1. The Kier molecular flexibility index (Phi) is 17.2. The molecule has 0 aliphatic carbocycles. The number of benzene rings is 2. The fraction of sp³-hybridized carbons (Fsp3) is 0.548. The van der Waals surface area contributed by atoms with Gasteiger partial charge in [0.25, 0.3) is 0 Å². The van der Waals surface area contributed by atoms with Crippen molar-refractivity contribution in [2.45, 2.75) is 98.8 Å². The van der Waals surface area contributed by atoms with Crippen molar-refractivity contribution < 1.29 is 47.8 Å². The molecule has 0 radical (unpaired) electrons. The molecule has 1 aliphatic rings. The van der Waals surface area contributed by atoms with Crippen LogP contribution in [0.25, 0.3) is 0 Å². The molecule has 1 heterocycles. The lowest BCUT2D eigenvalue weighted by Crippen LogP contribution is -2.49. The van der Waals surface area contributed by atoms with Gasteiger partial charge in [-0.15, -0.1) is 0 Å². The number of ketones is 2. The van der Waals surface area contributed by atoms with Crippen molar-refractivity contribution in [3.8, 4) is 5.75 Å². The Balaban J connectivity index is 1.78. The molecule has 3 rings (SSSR count). The summed E-state index contributed by atoms with van der Waals surface area (Å²) in [5, 5.41) is 5.36. The Morgan fingerprint density at radius 1 is 0.911 bits per heavy atom. The van der Waals surface area contributed by atoms with Gasteiger partial charge in [0.05, 0.1) is 18.1 Å². The highest BCUT2D eigenvalue weighted by Gasteiger charge is 2.43. The number of carbonyl (C=O) groups excluding carboxylic acids is 7. The lowest BCUT2D eigenvalue weighted by atomic mass is 9.86. The number of urea groups is 1. The van der Waals surface area contributed by atoms with E-state index in [1.165, 1.54) is 0 Å². The minimum Gasteiger partial charge on any atom is -0.491 e. The van der Waals surface area contributed by atoms with Gasteiger partial charge in [0.1, 0.15) is 25.0 Å². The Morgan fingerprint density at radius 3 is 2.09 bits per heavy atom. The van der Waals surface area contributed by atoms with Crippen LogP contribution in [0.1, 0.15) is 83.9 Å². The van der Waals surface area contributed by atoms with Crippen LogP contribution in [0, 0.1) is 23.2 Å². The molecule has 14 nitrogen and oxygen atoms in total. The highest BCUT2D eigenvalue weighted by Crippen LogP contribution is 2.27. The van der Waals surface area contributed by atoms with Crippen molar-refractivity contribution >= 4 is 41.3 Å². The first-order valence-corrected chi connectivity index (χ1v) is 19.1. The average molecular weight is 779 g/mol. The fourth-order valence-corrected chi connectivity index (χ4v) is 6.21. The molecule has 1 saturated heterocycles. The predicted octanol–water partition coefficient (Wildman–Crippen LogP) is 4.08. The van der Waals surface area contributed by atoms with Crippen LogP contribution in [0.3, 0.4) is 0 Å². The van der Waals surface area contributed by atoms with Gasteiger partial charge in [-0.1, -0.05) is 57.2 Å². The zero-order chi connectivity index (χ0) is 41.6. The average Bonchev–Trinajstić information content (AvgIpc) is 3.39. The Morgan fingerprint density at radius 2 is 1.54 bits per heavy atom. The SMILES string of the molecule is COCCOc1ccc(C[C@@H](C(=O)C[C@H](C(=O)N[C@@H](CCCNC(N)=O)C(=O)Cc2ccc(COC(=O)C(C)(C)C)cc2)C(C)C)N2C(=O)CC(C)C2=O)cc1. The van der Waals surface area contributed by atoms with E-state index in [0.29, 0.717) is 36.5 Å². The van der Waals surface area contributed by atoms with Gasteiger partial charge >= 0.3 is 12.0 Å². The second kappa shape index (κ2) is 21.3. The van der Waals surface area contributed by atoms with Gasteiger partial charge < -0.3 is 30.6 Å². The number of imide groups is 1. The largest absolute Gasteiger partial charge is 0.491 e. The number of ether oxygens (including phenoxy) is 3. The van der Waals surface area contributed by atoms with E-state index in [1.807, 2.05) is 0 Å². The van der Waals surface area contributed by atoms with E-state index in [1.54, 1.807) is 97.2 Å². The summed E-state index contributed by atoms with van der Waals surface area (Å²) in [6.07, 6.45) is 0.274. The number of nitrogens with zero attached hydrogens (tertiary/aromatic N) is 1. The number of hydrogen-bond donors (Lipinski definition) is 3. The molecule has 2 aromatic carbocycles. The smallest absolute Gasteiger partial charge is 0.312 e. The summed E-state index contributed by atoms with van der Waals surface area (Å²) in [5.74, 6) is -3.68. The Hall–Kier alpha value is -5.11. The second-order valence-corrected chi connectivity index (χ2v) is 15.7. The van der Waals surface area contributed by atoms with Crippen LogP contribution >= 0.6 is 0 Å². The van der Waals surface area contributed by atoms with Crippen LogP contribution in [0.5, 0.6) is 5.75 Å². The monoisotopic (exact) mass is 778 g/mol. The Labute approximate surface area is 329 Å². The summed E-state index contributed by atoms with van der Waals surface area (Å²) >= 11 is 0. The standard InChI is InChI=1S/C42H58N4O10/c1-26(2)32(24-36(48)34(46-37(49)21-27(3)39(46)51)22-28-14-16-31(17-15-28)55-20-19-54-7)38(50)45-33(9-8-18-44-41(43)53)35(47)23-29-10-12-30(13-11-29)25-56-40(52)42(4,5)6/h10-17,26-27,32-34H,8-9,18-25H2,1-7H3,(H,45,50)(H3,43,44,53)/t27?,32-,33-,34-/m0/s1. The minimum atomic E-state index is -1.13. The van der Waals surface area contributed by atoms with Crippen molar-refractivity contribution in [2.24, 2.45) is 28.9 Å². The maximum absolute atomic E-state index is 14.2. The van der Waals surface area contributed by atoms with Crippen molar-refractivity contribution in [2.75, 3.05) is 26.9 Å². The minimum absolute atomic E-state index is 0.00916. The summed E-state index contributed by atoms with van der Waals surface area (Å²) in [6, 6.07) is 11.2. The van der Waals surface area contributed by atoms with Crippen LogP contribution in [-0.2, 0) is 57.7 Å².